The van der Waals surface area contributed by atoms with E-state index < -0.39 is 35.0 Å². The zero-order valence-corrected chi connectivity index (χ0v) is 28.3. The summed E-state index contributed by atoms with van der Waals surface area (Å²) in [6.45, 7) is 1.08. The van der Waals surface area contributed by atoms with E-state index in [9.17, 15) is 27.9 Å². The highest BCUT2D eigenvalue weighted by atomic mass is 35.5. The molecule has 0 amide bonds. The van der Waals surface area contributed by atoms with Gasteiger partial charge in [-0.1, -0.05) is 53.5 Å². The Balaban J connectivity index is 1.36. The molecule has 1 fully saturated rings. The Morgan fingerprint density at radius 3 is 2.44 bits per heavy atom. The van der Waals surface area contributed by atoms with Crippen LogP contribution in [-0.2, 0) is 31.6 Å². The molecule has 5 aromatic rings. The van der Waals surface area contributed by atoms with Crippen molar-refractivity contribution in [1.82, 2.24) is 29.4 Å². The molecular weight excluding hydrogens is 702 g/mol. The molecule has 0 saturated carbocycles. The van der Waals surface area contributed by atoms with Crippen LogP contribution in [0.5, 0.6) is 5.88 Å². The van der Waals surface area contributed by atoms with Crippen LogP contribution in [-0.4, -0.2) is 61.7 Å². The molecule has 1 saturated heterocycles. The topological polar surface area (TPSA) is 145 Å². The molecule has 50 heavy (non-hydrogen) atoms. The van der Waals surface area contributed by atoms with Crippen molar-refractivity contribution in [3.63, 3.8) is 0 Å². The highest BCUT2D eigenvalue weighted by molar-refractivity contribution is 6.39. The molecule has 0 bridgehead atoms. The number of halogens is 5. The predicted molar refractivity (Wildman–Crippen MR) is 182 cm³/mol. The zero-order chi connectivity index (χ0) is 35.9. The van der Waals surface area contributed by atoms with E-state index in [1.54, 1.807) is 36.5 Å². The lowest BCUT2D eigenvalue weighted by molar-refractivity contribution is -0.141. The minimum absolute atomic E-state index is 0.0703. The van der Waals surface area contributed by atoms with Crippen molar-refractivity contribution in [2.75, 3.05) is 25.6 Å². The molecular formula is C33H30Cl2F3N7O5. The summed E-state index contributed by atoms with van der Waals surface area (Å²) >= 11 is 13.8. The normalized spacial score (nSPS) is 16.5. The summed E-state index contributed by atoms with van der Waals surface area (Å²) in [5.74, 6) is -0.181. The number of alkyl halides is 3. The molecule has 1 aliphatic heterocycles. The summed E-state index contributed by atoms with van der Waals surface area (Å²) in [4.78, 5) is 38.6. The maximum Gasteiger partial charge on any atom is 0.433 e. The molecule has 0 radical (unpaired) electrons. The maximum atomic E-state index is 13.9. The fraction of sp³-hybridized carbons (Fsp3) is 0.303. The molecule has 3 N–H and O–H groups in total. The summed E-state index contributed by atoms with van der Waals surface area (Å²) in [5.41, 5.74) is -0.774. The minimum atomic E-state index is -4.88. The van der Waals surface area contributed by atoms with Crippen molar-refractivity contribution < 1.29 is 27.8 Å². The van der Waals surface area contributed by atoms with Crippen molar-refractivity contribution in [2.45, 2.75) is 31.3 Å². The largest absolute Gasteiger partial charge is 0.480 e. The minimum Gasteiger partial charge on any atom is -0.480 e. The van der Waals surface area contributed by atoms with Crippen LogP contribution in [0.2, 0.25) is 10.0 Å². The molecule has 3 aromatic heterocycles. The van der Waals surface area contributed by atoms with Crippen LogP contribution in [0.15, 0.2) is 58.3 Å². The van der Waals surface area contributed by atoms with Crippen LogP contribution in [0.25, 0.3) is 33.3 Å². The molecule has 0 unspecified atom stereocenters. The van der Waals surface area contributed by atoms with Crippen molar-refractivity contribution in [3.8, 4) is 28.3 Å². The van der Waals surface area contributed by atoms with Gasteiger partial charge in [-0.25, -0.2) is 14.8 Å². The first-order valence-corrected chi connectivity index (χ1v) is 16.0. The molecule has 4 heterocycles. The third-order valence-corrected chi connectivity index (χ3v) is 9.24. The second kappa shape index (κ2) is 14.0. The number of methoxy groups -OCH3 is 1. The number of aliphatic hydroxyl groups is 1. The number of fused-ring (bicyclic) bond motifs is 1. The highest BCUT2D eigenvalue weighted by Gasteiger charge is 2.34. The quantitative estimate of drug-likeness (QED) is 0.198. The summed E-state index contributed by atoms with van der Waals surface area (Å²) in [5, 5.41) is 16.4. The van der Waals surface area contributed by atoms with E-state index in [0.717, 1.165) is 9.13 Å². The van der Waals surface area contributed by atoms with E-state index in [0.29, 0.717) is 53.7 Å². The lowest BCUT2D eigenvalue weighted by Gasteiger charge is -2.28. The van der Waals surface area contributed by atoms with Gasteiger partial charge in [-0.05, 0) is 18.6 Å². The summed E-state index contributed by atoms with van der Waals surface area (Å²) in [6.07, 6.45) is -3.34. The first-order chi connectivity index (χ1) is 23.8. The lowest BCUT2D eigenvalue weighted by Crippen LogP contribution is -2.46. The molecule has 262 valence electrons. The molecule has 0 aliphatic carbocycles. The van der Waals surface area contributed by atoms with Crippen molar-refractivity contribution in [2.24, 2.45) is 14.1 Å². The highest BCUT2D eigenvalue weighted by Crippen LogP contribution is 2.42. The van der Waals surface area contributed by atoms with Gasteiger partial charge in [-0.15, -0.1) is 0 Å². The van der Waals surface area contributed by atoms with Crippen molar-refractivity contribution in [3.05, 3.63) is 90.9 Å². The number of nitrogens with one attached hydrogen (secondary N) is 2. The van der Waals surface area contributed by atoms with Gasteiger partial charge >= 0.3 is 11.9 Å². The van der Waals surface area contributed by atoms with E-state index in [2.05, 4.69) is 25.6 Å². The predicted octanol–water partition coefficient (Wildman–Crippen LogP) is 5.07. The SMILES string of the molecule is COc1nc(-c2cccc(-c3cccc(Nc4nc(C(F)(F)F)cc5c4c(=O)n(C)c(=O)n5C)c3Cl)c2Cl)cnc1CN[C@H]1CCOC[C@H]1O. The van der Waals surface area contributed by atoms with Crippen LogP contribution in [0, 0.1) is 0 Å². The number of nitrogens with zero attached hydrogens (tertiary/aromatic N) is 5. The zero-order valence-electron chi connectivity index (χ0n) is 26.8. The van der Waals surface area contributed by atoms with Gasteiger partial charge < -0.3 is 25.2 Å². The average Bonchev–Trinajstić information content (AvgIpc) is 3.10. The van der Waals surface area contributed by atoms with Gasteiger partial charge in [-0.2, -0.15) is 13.2 Å². The smallest absolute Gasteiger partial charge is 0.433 e. The monoisotopic (exact) mass is 731 g/mol. The number of rotatable bonds is 8. The van der Waals surface area contributed by atoms with Crippen LogP contribution in [0.3, 0.4) is 0 Å². The number of anilines is 2. The van der Waals surface area contributed by atoms with E-state index >= 15 is 0 Å². The van der Waals surface area contributed by atoms with Gasteiger partial charge in [0.1, 0.15) is 22.6 Å². The number of hydrogen-bond acceptors (Lipinski definition) is 10. The van der Waals surface area contributed by atoms with Crippen LogP contribution < -0.4 is 26.6 Å². The number of aromatic nitrogens is 5. The average molecular weight is 733 g/mol. The van der Waals surface area contributed by atoms with Gasteiger partial charge in [0, 0.05) is 50.0 Å². The molecule has 6 rings (SSSR count). The lowest BCUT2D eigenvalue weighted by atomic mass is 10.0. The van der Waals surface area contributed by atoms with E-state index in [4.69, 9.17) is 32.7 Å². The van der Waals surface area contributed by atoms with Gasteiger partial charge in [-0.3, -0.25) is 18.9 Å². The number of aryl methyl sites for hydroxylation is 1. The number of hydrogen-bond donors (Lipinski definition) is 3. The Hall–Kier alpha value is -4.54. The third-order valence-electron chi connectivity index (χ3n) is 8.42. The molecule has 1 aliphatic rings. The van der Waals surface area contributed by atoms with E-state index in [1.807, 2.05) is 0 Å². The second-order valence-corrected chi connectivity index (χ2v) is 12.3. The number of benzene rings is 2. The Morgan fingerprint density at radius 2 is 1.74 bits per heavy atom. The maximum absolute atomic E-state index is 13.9. The van der Waals surface area contributed by atoms with E-state index in [-0.39, 0.29) is 45.2 Å². The van der Waals surface area contributed by atoms with Gasteiger partial charge in [0.15, 0.2) is 0 Å². The number of pyridine rings is 1. The summed E-state index contributed by atoms with van der Waals surface area (Å²) in [7, 11) is 3.95. The molecule has 0 spiro atoms. The standard InChI is InChI=1S/C33H30Cl2F3N7O5/c1-44-23-12-25(33(36,37)38)43-29(26(23)31(47)45(2)32(44)48)41-20-9-5-7-17(28(20)35)16-6-4-8-18(27(16)34)21-13-40-22(30(42-21)49-3)14-39-19-10-11-50-15-24(19)46/h4-9,12-13,19,24,39,46H,10-11,14-15H2,1-3H3,(H,41,43)/t19-,24+/m0/s1. The Morgan fingerprint density at radius 1 is 1.04 bits per heavy atom. The number of aliphatic hydroxyl groups excluding tert-OH is 1. The van der Waals surface area contributed by atoms with Crippen LogP contribution in [0.4, 0.5) is 24.7 Å². The second-order valence-electron chi connectivity index (χ2n) is 11.5. The number of ether oxygens (including phenoxy) is 2. The van der Waals surface area contributed by atoms with E-state index in [1.165, 1.54) is 27.3 Å². The van der Waals surface area contributed by atoms with Crippen molar-refractivity contribution in [1.29, 1.82) is 0 Å². The fourth-order valence-corrected chi connectivity index (χ4v) is 6.33. The Bertz CT molecular complexity index is 2230. The summed E-state index contributed by atoms with van der Waals surface area (Å²) < 4.78 is 54.2. The van der Waals surface area contributed by atoms with Crippen molar-refractivity contribution >= 4 is 45.6 Å². The first kappa shape index (κ1) is 35.3. The Kier molecular flexibility index (Phi) is 9.88. The molecule has 2 aromatic carbocycles. The molecule has 12 nitrogen and oxygen atoms in total. The molecule has 2 atom stereocenters. The molecule has 17 heteroatoms. The van der Waals surface area contributed by atoms with Gasteiger partial charge in [0.05, 0.1) is 53.0 Å². The van der Waals surface area contributed by atoms with Crippen LogP contribution >= 0.6 is 23.2 Å². The summed E-state index contributed by atoms with van der Waals surface area (Å²) in [6, 6.07) is 10.5. The first-order valence-electron chi connectivity index (χ1n) is 15.2. The Labute approximate surface area is 292 Å². The fourth-order valence-electron chi connectivity index (χ4n) is 5.73. The van der Waals surface area contributed by atoms with Gasteiger partial charge in [0.2, 0.25) is 5.88 Å². The van der Waals surface area contributed by atoms with Crippen LogP contribution in [0.1, 0.15) is 17.8 Å². The third kappa shape index (κ3) is 6.66. The van der Waals surface area contributed by atoms with Gasteiger partial charge in [0.25, 0.3) is 5.56 Å².